The summed E-state index contributed by atoms with van der Waals surface area (Å²) in [6.07, 6.45) is 0. The molecule has 0 aliphatic rings. The summed E-state index contributed by atoms with van der Waals surface area (Å²) in [5.41, 5.74) is 2.26. The molecule has 21 heavy (non-hydrogen) atoms. The average molecular weight is 292 g/mol. The van der Waals surface area contributed by atoms with Crippen LogP contribution in [0.15, 0.2) is 30.3 Å². The van der Waals surface area contributed by atoms with Gasteiger partial charge in [-0.2, -0.15) is 4.39 Å². The fraction of sp³-hybridized carbons (Fsp3) is 0.200. The zero-order valence-electron chi connectivity index (χ0n) is 11.6. The monoisotopic (exact) mass is 292 g/mol. The molecule has 2 rings (SSSR count). The minimum atomic E-state index is -1.19. The second-order valence-electron chi connectivity index (χ2n) is 4.75. The Kier molecular flexibility index (Phi) is 4.16. The average Bonchev–Trinajstić information content (AvgIpc) is 2.41. The third-order valence-electron chi connectivity index (χ3n) is 3.42. The first-order valence-electron chi connectivity index (χ1n) is 6.32. The smallest absolute Gasteiger partial charge is 0.307 e. The van der Waals surface area contributed by atoms with Crippen molar-refractivity contribution in [2.45, 2.75) is 20.4 Å². The molecule has 0 unspecified atom stereocenters. The molecule has 0 spiro atoms. The summed E-state index contributed by atoms with van der Waals surface area (Å²) in [7, 11) is 0. The molecule has 0 bridgehead atoms. The van der Waals surface area contributed by atoms with Crippen molar-refractivity contribution in [1.29, 1.82) is 0 Å². The second-order valence-corrected chi connectivity index (χ2v) is 4.75. The molecular formula is C15H14F2N2O2. The van der Waals surface area contributed by atoms with E-state index in [4.69, 9.17) is 0 Å². The zero-order valence-corrected chi connectivity index (χ0v) is 11.6. The van der Waals surface area contributed by atoms with E-state index in [1.54, 1.807) is 0 Å². The van der Waals surface area contributed by atoms with Crippen LogP contribution in [0.4, 0.5) is 20.2 Å². The van der Waals surface area contributed by atoms with Gasteiger partial charge in [0, 0.05) is 18.7 Å². The minimum Gasteiger partial charge on any atom is -0.378 e. The summed E-state index contributed by atoms with van der Waals surface area (Å²) >= 11 is 0. The number of halogens is 2. The Bertz CT molecular complexity index is 702. The Morgan fingerprint density at radius 3 is 2.57 bits per heavy atom. The van der Waals surface area contributed by atoms with E-state index in [0.717, 1.165) is 22.8 Å². The van der Waals surface area contributed by atoms with Gasteiger partial charge in [-0.1, -0.05) is 18.2 Å². The lowest BCUT2D eigenvalue weighted by Crippen LogP contribution is -2.05. The molecule has 0 radical (unpaired) electrons. The fourth-order valence-electron chi connectivity index (χ4n) is 2.01. The van der Waals surface area contributed by atoms with E-state index in [1.807, 2.05) is 32.0 Å². The largest absolute Gasteiger partial charge is 0.378 e. The van der Waals surface area contributed by atoms with Crippen molar-refractivity contribution in [3.8, 4) is 0 Å². The van der Waals surface area contributed by atoms with E-state index in [2.05, 4.69) is 5.32 Å². The van der Waals surface area contributed by atoms with Crippen LogP contribution >= 0.6 is 0 Å². The van der Waals surface area contributed by atoms with Crippen LogP contribution in [0.25, 0.3) is 0 Å². The van der Waals surface area contributed by atoms with Crippen molar-refractivity contribution in [3.05, 3.63) is 68.8 Å². The normalized spacial score (nSPS) is 10.5. The molecule has 6 heteroatoms. The number of benzene rings is 2. The lowest BCUT2D eigenvalue weighted by Gasteiger charge is -2.11. The summed E-state index contributed by atoms with van der Waals surface area (Å²) in [5.74, 6) is -2.04. The predicted octanol–water partition coefficient (Wildman–Crippen LogP) is 4.10. The number of anilines is 1. The van der Waals surface area contributed by atoms with Gasteiger partial charge in [-0.25, -0.2) is 4.39 Å². The zero-order chi connectivity index (χ0) is 15.6. The predicted molar refractivity (Wildman–Crippen MR) is 76.3 cm³/mol. The first-order chi connectivity index (χ1) is 9.90. The van der Waals surface area contributed by atoms with Gasteiger partial charge < -0.3 is 5.32 Å². The fourth-order valence-corrected chi connectivity index (χ4v) is 2.01. The minimum absolute atomic E-state index is 0.0935. The van der Waals surface area contributed by atoms with Crippen LogP contribution in [0.1, 0.15) is 16.7 Å². The number of nitro benzene ring substituents is 1. The molecule has 0 atom stereocenters. The van der Waals surface area contributed by atoms with Gasteiger partial charge in [-0.3, -0.25) is 10.1 Å². The van der Waals surface area contributed by atoms with Crippen LogP contribution in [0, 0.1) is 35.6 Å². The van der Waals surface area contributed by atoms with Gasteiger partial charge in [0.15, 0.2) is 0 Å². The number of hydrogen-bond acceptors (Lipinski definition) is 3. The van der Waals surface area contributed by atoms with Crippen LogP contribution in [-0.2, 0) is 6.54 Å². The number of hydrogen-bond donors (Lipinski definition) is 1. The molecule has 0 fully saturated rings. The molecule has 1 N–H and O–H groups in total. The van der Waals surface area contributed by atoms with Gasteiger partial charge >= 0.3 is 5.69 Å². The second kappa shape index (κ2) is 5.87. The molecule has 0 aliphatic heterocycles. The Morgan fingerprint density at radius 1 is 1.19 bits per heavy atom. The van der Waals surface area contributed by atoms with Crippen molar-refractivity contribution in [2.24, 2.45) is 0 Å². The summed E-state index contributed by atoms with van der Waals surface area (Å²) in [6.45, 7) is 4.20. The summed E-state index contributed by atoms with van der Waals surface area (Å²) in [4.78, 5) is 9.80. The van der Waals surface area contributed by atoms with Crippen molar-refractivity contribution in [1.82, 2.24) is 0 Å². The van der Waals surface area contributed by atoms with Gasteiger partial charge in [0.2, 0.25) is 5.82 Å². The van der Waals surface area contributed by atoms with E-state index < -0.39 is 22.2 Å². The third-order valence-corrected chi connectivity index (χ3v) is 3.42. The molecule has 110 valence electrons. The molecule has 2 aromatic rings. The number of nitrogens with zero attached hydrogens (tertiary/aromatic N) is 1. The van der Waals surface area contributed by atoms with Crippen LogP contribution < -0.4 is 5.32 Å². The van der Waals surface area contributed by atoms with Crippen molar-refractivity contribution in [2.75, 3.05) is 5.32 Å². The van der Waals surface area contributed by atoms with Gasteiger partial charge in [0.1, 0.15) is 5.82 Å². The van der Waals surface area contributed by atoms with Gasteiger partial charge in [0.25, 0.3) is 0 Å². The van der Waals surface area contributed by atoms with Crippen molar-refractivity contribution < 1.29 is 13.7 Å². The highest BCUT2D eigenvalue weighted by atomic mass is 19.1. The van der Waals surface area contributed by atoms with Crippen molar-refractivity contribution in [3.63, 3.8) is 0 Å². The van der Waals surface area contributed by atoms with Crippen LogP contribution in [0.2, 0.25) is 0 Å². The third kappa shape index (κ3) is 3.16. The molecule has 0 amide bonds. The first-order valence-corrected chi connectivity index (χ1v) is 6.32. The summed E-state index contributed by atoms with van der Waals surface area (Å²) in [6, 6.07) is 7.11. The molecule has 4 nitrogen and oxygen atoms in total. The van der Waals surface area contributed by atoms with Crippen molar-refractivity contribution >= 4 is 11.4 Å². The van der Waals surface area contributed by atoms with E-state index in [9.17, 15) is 18.9 Å². The Balaban J connectivity index is 2.26. The van der Waals surface area contributed by atoms with Crippen LogP contribution in [-0.4, -0.2) is 4.92 Å². The standard InChI is InChI=1S/C15H14F2N2O2/c1-9-4-3-5-11(10(9)2)8-18-14-7-15(19(20)21)13(17)6-12(14)16/h3-7,18H,8H2,1-2H3. The van der Waals surface area contributed by atoms with Gasteiger partial charge in [-0.15, -0.1) is 0 Å². The van der Waals surface area contributed by atoms with Crippen LogP contribution in [0.3, 0.4) is 0 Å². The van der Waals surface area contributed by atoms with Gasteiger partial charge in [0.05, 0.1) is 10.6 Å². The highest BCUT2D eigenvalue weighted by molar-refractivity contribution is 5.53. The highest BCUT2D eigenvalue weighted by Gasteiger charge is 2.18. The topological polar surface area (TPSA) is 55.2 Å². The number of nitrogens with one attached hydrogen (secondary N) is 1. The van der Waals surface area contributed by atoms with E-state index in [-0.39, 0.29) is 5.69 Å². The Labute approximate surface area is 120 Å². The SMILES string of the molecule is Cc1cccc(CNc2cc([N+](=O)[O-])c(F)cc2F)c1C. The summed E-state index contributed by atoms with van der Waals surface area (Å²) < 4.78 is 26.9. The first kappa shape index (κ1) is 14.9. The number of aryl methyl sites for hydroxylation is 1. The molecule has 0 heterocycles. The lowest BCUT2D eigenvalue weighted by atomic mass is 10.0. The van der Waals surface area contributed by atoms with E-state index in [0.29, 0.717) is 12.6 Å². The van der Waals surface area contributed by atoms with E-state index >= 15 is 0 Å². The van der Waals surface area contributed by atoms with E-state index in [1.165, 1.54) is 0 Å². The molecule has 0 aromatic heterocycles. The lowest BCUT2D eigenvalue weighted by molar-refractivity contribution is -0.387. The highest BCUT2D eigenvalue weighted by Crippen LogP contribution is 2.26. The maximum atomic E-state index is 13.7. The maximum Gasteiger partial charge on any atom is 0.307 e. The Hall–Kier alpha value is -2.50. The van der Waals surface area contributed by atoms with Gasteiger partial charge in [-0.05, 0) is 30.5 Å². The Morgan fingerprint density at radius 2 is 1.90 bits per heavy atom. The molecular weight excluding hydrogens is 278 g/mol. The quantitative estimate of drug-likeness (QED) is 0.681. The molecule has 0 saturated carbocycles. The maximum absolute atomic E-state index is 13.7. The summed E-state index contributed by atoms with van der Waals surface area (Å²) in [5, 5.41) is 13.4. The molecule has 0 saturated heterocycles. The number of rotatable bonds is 4. The van der Waals surface area contributed by atoms with Crippen LogP contribution in [0.5, 0.6) is 0 Å². The molecule has 0 aliphatic carbocycles. The number of nitro groups is 1. The molecule has 2 aromatic carbocycles.